The number of likely N-dealkylation sites (tertiary alicyclic amines) is 1. The van der Waals surface area contributed by atoms with E-state index < -0.39 is 0 Å². The van der Waals surface area contributed by atoms with E-state index in [0.29, 0.717) is 6.04 Å². The fourth-order valence-corrected chi connectivity index (χ4v) is 2.67. The summed E-state index contributed by atoms with van der Waals surface area (Å²) in [5, 5.41) is 3.16. The van der Waals surface area contributed by atoms with Crippen molar-refractivity contribution in [3.05, 3.63) is 33.4 Å². The van der Waals surface area contributed by atoms with Crippen molar-refractivity contribution < 1.29 is 4.79 Å². The Hall–Kier alpha value is -0.620. The maximum absolute atomic E-state index is 12.3. The molecule has 3 nitrogen and oxygen atoms in total. The molecule has 4 heteroatoms. The number of halogens is 1. The fraction of sp³-hybridized carbons (Fsp3) is 0.462. The molecule has 0 aromatic heterocycles. The van der Waals surface area contributed by atoms with E-state index in [-0.39, 0.29) is 5.91 Å². The molecular weight excluding hydrogens is 327 g/mol. The van der Waals surface area contributed by atoms with E-state index in [1.165, 1.54) is 0 Å². The second kappa shape index (κ2) is 5.82. The van der Waals surface area contributed by atoms with E-state index in [0.717, 1.165) is 35.1 Å². The van der Waals surface area contributed by atoms with Crippen LogP contribution in [0.2, 0.25) is 0 Å². The molecule has 1 aromatic carbocycles. The average molecular weight is 344 g/mol. The summed E-state index contributed by atoms with van der Waals surface area (Å²) in [5.74, 6) is 0.166. The van der Waals surface area contributed by atoms with Crippen molar-refractivity contribution in [2.45, 2.75) is 18.9 Å². The molecule has 1 aliphatic heterocycles. The molecule has 92 valence electrons. The molecule has 0 bridgehead atoms. The van der Waals surface area contributed by atoms with Crippen molar-refractivity contribution in [2.24, 2.45) is 0 Å². The van der Waals surface area contributed by atoms with Crippen LogP contribution in [0.1, 0.15) is 23.2 Å². The van der Waals surface area contributed by atoms with Crippen molar-refractivity contribution in [3.8, 4) is 0 Å². The summed E-state index contributed by atoms with van der Waals surface area (Å²) in [6.45, 7) is 1.77. The molecule has 1 atom stereocenters. The number of benzene rings is 1. The predicted molar refractivity (Wildman–Crippen MR) is 77.1 cm³/mol. The Morgan fingerprint density at radius 1 is 1.47 bits per heavy atom. The van der Waals surface area contributed by atoms with E-state index in [2.05, 4.69) is 27.9 Å². The molecule has 0 aliphatic carbocycles. The molecular formula is C13H17IN2O. The first-order chi connectivity index (χ1) is 8.22. The van der Waals surface area contributed by atoms with Crippen LogP contribution in [0.25, 0.3) is 0 Å². The molecule has 1 unspecified atom stereocenters. The third-order valence-corrected chi connectivity index (χ3v) is 3.89. The summed E-state index contributed by atoms with van der Waals surface area (Å²) in [4.78, 5) is 14.3. The highest BCUT2D eigenvalue weighted by Crippen LogP contribution is 2.20. The van der Waals surface area contributed by atoms with Crippen LogP contribution in [0.15, 0.2) is 24.3 Å². The van der Waals surface area contributed by atoms with Gasteiger partial charge in [0.25, 0.3) is 5.91 Å². The number of hydrogen-bond donors (Lipinski definition) is 1. The maximum atomic E-state index is 12.3. The van der Waals surface area contributed by atoms with Gasteiger partial charge in [-0.2, -0.15) is 0 Å². The molecule has 1 aliphatic rings. The Balaban J connectivity index is 2.11. The quantitative estimate of drug-likeness (QED) is 0.852. The number of hydrogen-bond acceptors (Lipinski definition) is 2. The van der Waals surface area contributed by atoms with Crippen LogP contribution in [0.4, 0.5) is 0 Å². The van der Waals surface area contributed by atoms with E-state index >= 15 is 0 Å². The highest BCUT2D eigenvalue weighted by atomic mass is 127. The lowest BCUT2D eigenvalue weighted by molar-refractivity contribution is 0.0737. The first-order valence-electron chi connectivity index (χ1n) is 5.93. The molecule has 2 rings (SSSR count). The Bertz CT molecular complexity index is 391. The first kappa shape index (κ1) is 12.8. The van der Waals surface area contributed by atoms with Gasteiger partial charge in [0.05, 0.1) is 0 Å². The van der Waals surface area contributed by atoms with Crippen molar-refractivity contribution in [2.75, 3.05) is 20.1 Å². The minimum atomic E-state index is 0.166. The van der Waals surface area contributed by atoms with Crippen molar-refractivity contribution in [1.82, 2.24) is 10.2 Å². The van der Waals surface area contributed by atoms with Crippen molar-refractivity contribution in [1.29, 1.82) is 0 Å². The summed E-state index contributed by atoms with van der Waals surface area (Å²) < 4.78 is 1.16. The summed E-state index contributed by atoms with van der Waals surface area (Å²) >= 11 is 2.25. The molecule has 17 heavy (non-hydrogen) atoms. The van der Waals surface area contributed by atoms with E-state index in [4.69, 9.17) is 0 Å². The van der Waals surface area contributed by atoms with Crippen molar-refractivity contribution >= 4 is 28.5 Å². The zero-order valence-electron chi connectivity index (χ0n) is 9.95. The number of carbonyl (C=O) groups excluding carboxylic acids is 1. The van der Waals surface area contributed by atoms with Crippen LogP contribution < -0.4 is 5.32 Å². The standard InChI is InChI=1S/C13H17IN2O/c1-15-9-12-3-2-8-16(12)13(17)10-4-6-11(14)7-5-10/h4-7,12,15H,2-3,8-9H2,1H3. The minimum Gasteiger partial charge on any atom is -0.334 e. The van der Waals surface area contributed by atoms with Gasteiger partial charge in [-0.3, -0.25) is 4.79 Å². The van der Waals surface area contributed by atoms with Crippen LogP contribution in [-0.4, -0.2) is 37.0 Å². The SMILES string of the molecule is CNCC1CCCN1C(=O)c1ccc(I)cc1. The van der Waals surface area contributed by atoms with E-state index in [1.807, 2.05) is 36.2 Å². The Morgan fingerprint density at radius 3 is 2.82 bits per heavy atom. The van der Waals surface area contributed by atoms with Crippen LogP contribution >= 0.6 is 22.6 Å². The summed E-state index contributed by atoms with van der Waals surface area (Å²) in [6.07, 6.45) is 2.22. The molecule has 0 saturated carbocycles. The fourth-order valence-electron chi connectivity index (χ4n) is 2.31. The van der Waals surface area contributed by atoms with E-state index in [1.54, 1.807) is 0 Å². The zero-order chi connectivity index (χ0) is 12.3. The second-order valence-corrected chi connectivity index (χ2v) is 5.60. The van der Waals surface area contributed by atoms with Gasteiger partial charge in [0.15, 0.2) is 0 Å². The Kier molecular flexibility index (Phi) is 4.39. The summed E-state index contributed by atoms with van der Waals surface area (Å²) in [5.41, 5.74) is 0.799. The van der Waals surface area contributed by atoms with Gasteiger partial charge in [-0.15, -0.1) is 0 Å². The largest absolute Gasteiger partial charge is 0.334 e. The zero-order valence-corrected chi connectivity index (χ0v) is 12.1. The van der Waals surface area contributed by atoms with E-state index in [9.17, 15) is 4.79 Å². The van der Waals surface area contributed by atoms with Crippen molar-refractivity contribution in [3.63, 3.8) is 0 Å². The molecule has 1 N–H and O–H groups in total. The van der Waals surface area contributed by atoms with Gasteiger partial charge in [0.2, 0.25) is 0 Å². The van der Waals surface area contributed by atoms with Gasteiger partial charge in [-0.25, -0.2) is 0 Å². The first-order valence-corrected chi connectivity index (χ1v) is 7.01. The monoisotopic (exact) mass is 344 g/mol. The third kappa shape index (κ3) is 2.98. The predicted octanol–water partition coefficient (Wildman–Crippen LogP) is 2.12. The molecule has 1 amide bonds. The molecule has 1 fully saturated rings. The maximum Gasteiger partial charge on any atom is 0.254 e. The third-order valence-electron chi connectivity index (χ3n) is 3.17. The minimum absolute atomic E-state index is 0.166. The van der Waals surface area contributed by atoms with Gasteiger partial charge in [0, 0.05) is 28.3 Å². The topological polar surface area (TPSA) is 32.3 Å². The number of amides is 1. The summed E-state index contributed by atoms with van der Waals surface area (Å²) in [6, 6.07) is 8.15. The molecule has 1 aromatic rings. The van der Waals surface area contributed by atoms with Gasteiger partial charge in [-0.1, -0.05) is 0 Å². The molecule has 1 heterocycles. The normalized spacial score (nSPS) is 19.6. The highest BCUT2D eigenvalue weighted by Gasteiger charge is 2.28. The van der Waals surface area contributed by atoms with Gasteiger partial charge in [0.1, 0.15) is 0 Å². The molecule has 0 radical (unpaired) electrons. The smallest absolute Gasteiger partial charge is 0.254 e. The number of nitrogens with one attached hydrogen (secondary N) is 1. The van der Waals surface area contributed by atoms with Crippen LogP contribution in [-0.2, 0) is 0 Å². The van der Waals surface area contributed by atoms with Crippen LogP contribution in [0.5, 0.6) is 0 Å². The second-order valence-electron chi connectivity index (χ2n) is 4.36. The van der Waals surface area contributed by atoms with Gasteiger partial charge >= 0.3 is 0 Å². The number of rotatable bonds is 3. The lowest BCUT2D eigenvalue weighted by atomic mass is 10.1. The number of nitrogens with zero attached hydrogens (tertiary/aromatic N) is 1. The lowest BCUT2D eigenvalue weighted by Gasteiger charge is -2.24. The van der Waals surface area contributed by atoms with Crippen LogP contribution in [0, 0.1) is 3.57 Å². The Morgan fingerprint density at radius 2 is 2.18 bits per heavy atom. The number of carbonyl (C=O) groups is 1. The van der Waals surface area contributed by atoms with Gasteiger partial charge in [-0.05, 0) is 66.7 Å². The summed E-state index contributed by atoms with van der Waals surface area (Å²) in [7, 11) is 1.94. The molecule has 1 saturated heterocycles. The van der Waals surface area contributed by atoms with Gasteiger partial charge < -0.3 is 10.2 Å². The highest BCUT2D eigenvalue weighted by molar-refractivity contribution is 14.1. The number of likely N-dealkylation sites (N-methyl/N-ethyl adjacent to an activating group) is 1. The lowest BCUT2D eigenvalue weighted by Crippen LogP contribution is -2.40. The average Bonchev–Trinajstić information content (AvgIpc) is 2.78. The van der Waals surface area contributed by atoms with Crippen LogP contribution in [0.3, 0.4) is 0 Å². The Labute approximate surface area is 116 Å². The molecule has 0 spiro atoms.